The maximum atomic E-state index is 12.1. The van der Waals surface area contributed by atoms with Crippen LogP contribution in [-0.2, 0) is 4.79 Å². The molecule has 1 N–H and O–H groups in total. The lowest BCUT2D eigenvalue weighted by molar-refractivity contribution is -0.384. The van der Waals surface area contributed by atoms with Crippen LogP contribution in [0, 0.1) is 27.9 Å². The largest absolute Gasteiger partial charge is 0.353 e. The van der Waals surface area contributed by atoms with Gasteiger partial charge in [-0.15, -0.1) is 0 Å². The number of nitro groups is 1. The number of non-ortho nitro benzene ring substituents is 1. The molecular formula is C17H22N2O3. The molecule has 1 amide bonds. The second-order valence-electron chi connectivity index (χ2n) is 6.97. The van der Waals surface area contributed by atoms with Crippen molar-refractivity contribution in [3.05, 3.63) is 39.9 Å². The smallest absolute Gasteiger partial charge is 0.269 e. The van der Waals surface area contributed by atoms with Gasteiger partial charge in [-0.05, 0) is 42.1 Å². The average Bonchev–Trinajstić information content (AvgIpc) is 2.47. The molecule has 118 valence electrons. The molecule has 22 heavy (non-hydrogen) atoms. The lowest BCUT2D eigenvalue weighted by atomic mass is 9.64. The van der Waals surface area contributed by atoms with Crippen LogP contribution in [0.25, 0.3) is 0 Å². The molecule has 2 aliphatic rings. The number of fused-ring (bicyclic) bond motifs is 1. The molecular weight excluding hydrogens is 280 g/mol. The Kier molecular flexibility index (Phi) is 3.89. The number of nitrogens with zero attached hydrogens (tertiary/aromatic N) is 1. The third-order valence-corrected chi connectivity index (χ3v) is 5.30. The van der Waals surface area contributed by atoms with Gasteiger partial charge >= 0.3 is 0 Å². The number of carbonyl (C=O) groups excluding carboxylic acids is 1. The highest BCUT2D eigenvalue weighted by Crippen LogP contribution is 2.45. The quantitative estimate of drug-likeness (QED) is 0.673. The van der Waals surface area contributed by atoms with E-state index in [1.54, 1.807) is 12.1 Å². The summed E-state index contributed by atoms with van der Waals surface area (Å²) in [5.74, 6) is 1.85. The zero-order valence-corrected chi connectivity index (χ0v) is 13.0. The summed E-state index contributed by atoms with van der Waals surface area (Å²) in [4.78, 5) is 22.5. The minimum atomic E-state index is -0.384. The monoisotopic (exact) mass is 302 g/mol. The van der Waals surface area contributed by atoms with Crippen LogP contribution >= 0.6 is 0 Å². The average molecular weight is 302 g/mol. The normalized spacial score (nSPS) is 34.6. The summed E-state index contributed by atoms with van der Waals surface area (Å²) >= 11 is 0. The van der Waals surface area contributed by atoms with Gasteiger partial charge in [0.25, 0.3) is 5.69 Å². The Labute approximate surface area is 130 Å². The number of nitrogens with one attached hydrogen (secondary N) is 1. The Bertz CT molecular complexity index is 584. The van der Waals surface area contributed by atoms with E-state index < -0.39 is 0 Å². The molecule has 5 atom stereocenters. The molecule has 1 aliphatic heterocycles. The van der Waals surface area contributed by atoms with Crippen LogP contribution in [0.1, 0.15) is 44.6 Å². The predicted molar refractivity (Wildman–Crippen MR) is 83.4 cm³/mol. The Morgan fingerprint density at radius 3 is 2.50 bits per heavy atom. The van der Waals surface area contributed by atoms with Crippen molar-refractivity contribution in [1.82, 2.24) is 5.32 Å². The van der Waals surface area contributed by atoms with Gasteiger partial charge in [0.15, 0.2) is 0 Å². The number of carbonyl (C=O) groups is 1. The maximum Gasteiger partial charge on any atom is 0.269 e. The number of amides is 1. The van der Waals surface area contributed by atoms with E-state index in [0.717, 1.165) is 18.4 Å². The van der Waals surface area contributed by atoms with Gasteiger partial charge in [0, 0.05) is 24.6 Å². The molecule has 0 spiro atoms. The molecule has 1 aliphatic carbocycles. The first-order valence-electron chi connectivity index (χ1n) is 7.99. The number of piperidine rings is 1. The SMILES string of the molecule is CC1CC(C)C2NC(=O)CC(c3ccc([N+](=O)[O-])cc3)C2C1. The molecule has 0 aromatic heterocycles. The molecule has 0 radical (unpaired) electrons. The van der Waals surface area contributed by atoms with Crippen LogP contribution < -0.4 is 5.32 Å². The molecule has 5 heteroatoms. The van der Waals surface area contributed by atoms with E-state index >= 15 is 0 Å². The molecule has 1 aromatic rings. The van der Waals surface area contributed by atoms with E-state index in [1.165, 1.54) is 0 Å². The van der Waals surface area contributed by atoms with Crippen LogP contribution in [0.3, 0.4) is 0 Å². The summed E-state index contributed by atoms with van der Waals surface area (Å²) in [6, 6.07) is 6.97. The third kappa shape index (κ3) is 2.72. The van der Waals surface area contributed by atoms with Crippen LogP contribution in [0.15, 0.2) is 24.3 Å². The molecule has 5 nitrogen and oxygen atoms in total. The molecule has 1 saturated carbocycles. The first-order chi connectivity index (χ1) is 10.5. The second-order valence-corrected chi connectivity index (χ2v) is 6.97. The maximum absolute atomic E-state index is 12.1. The lowest BCUT2D eigenvalue weighted by Gasteiger charge is -2.47. The van der Waals surface area contributed by atoms with Crippen molar-refractivity contribution in [2.24, 2.45) is 17.8 Å². The summed E-state index contributed by atoms with van der Waals surface area (Å²) in [7, 11) is 0. The molecule has 5 unspecified atom stereocenters. The molecule has 1 heterocycles. The zero-order valence-electron chi connectivity index (χ0n) is 13.0. The molecule has 1 aromatic carbocycles. The van der Waals surface area contributed by atoms with Gasteiger partial charge in [-0.3, -0.25) is 14.9 Å². The van der Waals surface area contributed by atoms with E-state index in [9.17, 15) is 14.9 Å². The van der Waals surface area contributed by atoms with Crippen LogP contribution in [-0.4, -0.2) is 16.9 Å². The van der Waals surface area contributed by atoms with Gasteiger partial charge < -0.3 is 5.32 Å². The Hall–Kier alpha value is -1.91. The highest BCUT2D eigenvalue weighted by molar-refractivity contribution is 5.78. The summed E-state index contributed by atoms with van der Waals surface area (Å²) < 4.78 is 0. The fraction of sp³-hybridized carbons (Fsp3) is 0.588. The van der Waals surface area contributed by atoms with Gasteiger partial charge in [-0.25, -0.2) is 0 Å². The van der Waals surface area contributed by atoms with E-state index in [1.807, 2.05) is 12.1 Å². The lowest BCUT2D eigenvalue weighted by Crippen LogP contribution is -2.54. The van der Waals surface area contributed by atoms with Crippen molar-refractivity contribution in [3.63, 3.8) is 0 Å². The molecule has 0 bridgehead atoms. The van der Waals surface area contributed by atoms with Gasteiger partial charge in [0.2, 0.25) is 5.91 Å². The number of nitro benzene ring substituents is 1. The van der Waals surface area contributed by atoms with Crippen molar-refractivity contribution in [2.75, 3.05) is 0 Å². The highest BCUT2D eigenvalue weighted by Gasteiger charge is 2.43. The van der Waals surface area contributed by atoms with E-state index in [2.05, 4.69) is 19.2 Å². The number of hydrogen-bond acceptors (Lipinski definition) is 3. The third-order valence-electron chi connectivity index (χ3n) is 5.30. The molecule has 3 rings (SSSR count). The Morgan fingerprint density at radius 1 is 1.18 bits per heavy atom. The van der Waals surface area contributed by atoms with E-state index in [0.29, 0.717) is 24.2 Å². The van der Waals surface area contributed by atoms with Gasteiger partial charge in [-0.2, -0.15) is 0 Å². The van der Waals surface area contributed by atoms with Crippen LogP contribution in [0.5, 0.6) is 0 Å². The number of benzene rings is 1. The molecule has 1 saturated heterocycles. The summed E-state index contributed by atoms with van der Waals surface area (Å²) in [5, 5.41) is 14.0. The first-order valence-corrected chi connectivity index (χ1v) is 7.99. The fourth-order valence-electron chi connectivity index (χ4n) is 4.38. The van der Waals surface area contributed by atoms with E-state index in [4.69, 9.17) is 0 Å². The molecule has 2 fully saturated rings. The minimum absolute atomic E-state index is 0.103. The summed E-state index contributed by atoms with van der Waals surface area (Å²) in [5.41, 5.74) is 1.16. The van der Waals surface area contributed by atoms with Crippen molar-refractivity contribution in [2.45, 2.75) is 45.1 Å². The van der Waals surface area contributed by atoms with Crippen molar-refractivity contribution in [3.8, 4) is 0 Å². The zero-order chi connectivity index (χ0) is 15.9. The van der Waals surface area contributed by atoms with Crippen LogP contribution in [0.4, 0.5) is 5.69 Å². The number of hydrogen-bond donors (Lipinski definition) is 1. The fourth-order valence-corrected chi connectivity index (χ4v) is 4.38. The highest BCUT2D eigenvalue weighted by atomic mass is 16.6. The second kappa shape index (κ2) is 5.71. The number of rotatable bonds is 2. The Morgan fingerprint density at radius 2 is 1.86 bits per heavy atom. The predicted octanol–water partition coefficient (Wildman–Crippen LogP) is 3.25. The van der Waals surface area contributed by atoms with Gasteiger partial charge in [-0.1, -0.05) is 26.0 Å². The topological polar surface area (TPSA) is 72.2 Å². The summed E-state index contributed by atoms with van der Waals surface area (Å²) in [6.45, 7) is 4.49. The van der Waals surface area contributed by atoms with Gasteiger partial charge in [0.1, 0.15) is 0 Å². The van der Waals surface area contributed by atoms with Gasteiger partial charge in [0.05, 0.1) is 4.92 Å². The van der Waals surface area contributed by atoms with Crippen molar-refractivity contribution < 1.29 is 9.72 Å². The minimum Gasteiger partial charge on any atom is -0.353 e. The van der Waals surface area contributed by atoms with Crippen LogP contribution in [0.2, 0.25) is 0 Å². The van der Waals surface area contributed by atoms with E-state index in [-0.39, 0.29) is 28.5 Å². The first kappa shape index (κ1) is 15.0. The standard InChI is InChI=1S/C17H22N2O3/c1-10-7-11(2)17-15(8-10)14(9-16(20)18-17)12-3-5-13(6-4-12)19(21)22/h3-6,10-11,14-15,17H,7-9H2,1-2H3,(H,18,20). The summed E-state index contributed by atoms with van der Waals surface area (Å²) in [6.07, 6.45) is 2.74. The van der Waals surface area contributed by atoms with Crippen molar-refractivity contribution in [1.29, 1.82) is 0 Å². The Balaban J connectivity index is 1.90. The van der Waals surface area contributed by atoms with Crippen molar-refractivity contribution >= 4 is 11.6 Å².